The summed E-state index contributed by atoms with van der Waals surface area (Å²) < 4.78 is 154. The zero-order valence-corrected chi connectivity index (χ0v) is 13.6. The predicted molar refractivity (Wildman–Crippen MR) is 75.4 cm³/mol. The van der Waals surface area contributed by atoms with Gasteiger partial charge < -0.3 is 0 Å². The minimum absolute atomic E-state index is 0.183. The van der Waals surface area contributed by atoms with Gasteiger partial charge in [-0.3, -0.25) is 0 Å². The molecule has 0 bridgehead atoms. The highest BCUT2D eigenvalue weighted by Gasteiger charge is 2.38. The van der Waals surface area contributed by atoms with E-state index in [1.165, 1.54) is 0 Å². The van der Waals surface area contributed by atoms with Gasteiger partial charge in [-0.15, -0.1) is 0 Å². The van der Waals surface area contributed by atoms with E-state index < -0.39 is 58.1 Å². The van der Waals surface area contributed by atoms with Gasteiger partial charge in [-0.05, 0) is 47.5 Å². The fourth-order valence-corrected chi connectivity index (χ4v) is 2.32. The lowest BCUT2D eigenvalue weighted by atomic mass is 9.96. The van der Waals surface area contributed by atoms with Gasteiger partial charge in [0.05, 0.1) is 22.3 Å². The van der Waals surface area contributed by atoms with Crippen LogP contribution in [0.4, 0.5) is 52.7 Å². The van der Waals surface area contributed by atoms with Crippen LogP contribution < -0.4 is 0 Å². The Morgan fingerprint density at radius 1 is 0.379 bits per heavy atom. The maximum absolute atomic E-state index is 12.8. The molecule has 0 saturated heterocycles. The van der Waals surface area contributed by atoms with E-state index in [4.69, 9.17) is 0 Å². The van der Waals surface area contributed by atoms with Crippen LogP contribution in [-0.2, 0) is 24.7 Å². The zero-order chi connectivity index (χ0) is 22.4. The first-order valence-electron chi connectivity index (χ1n) is 7.31. The molecule has 0 atom stereocenters. The van der Waals surface area contributed by atoms with Crippen LogP contribution in [0.2, 0.25) is 0 Å². The summed E-state index contributed by atoms with van der Waals surface area (Å²) in [5.74, 6) is 0. The highest BCUT2D eigenvalue weighted by atomic mass is 19.4. The first-order valence-corrected chi connectivity index (χ1v) is 7.31. The minimum atomic E-state index is -5.23. The Morgan fingerprint density at radius 3 is 0.759 bits per heavy atom. The number of hydrogen-bond donors (Lipinski definition) is 0. The Morgan fingerprint density at radius 2 is 0.586 bits per heavy atom. The Kier molecular flexibility index (Phi) is 5.63. The maximum Gasteiger partial charge on any atom is 0.416 e. The molecule has 0 aliphatic heterocycles. The van der Waals surface area contributed by atoms with Crippen LogP contribution in [0.3, 0.4) is 0 Å². The lowest BCUT2D eigenvalue weighted by molar-refractivity contribution is -0.144. The van der Waals surface area contributed by atoms with Gasteiger partial charge in [-0.2, -0.15) is 52.7 Å². The van der Waals surface area contributed by atoms with Crippen LogP contribution in [0.1, 0.15) is 33.4 Å². The fraction of sp³-hybridized carbons (Fsp3) is 0.235. The molecule has 0 N–H and O–H groups in total. The van der Waals surface area contributed by atoms with E-state index in [0.717, 1.165) is 0 Å². The smallest absolute Gasteiger partial charge is 0.166 e. The molecule has 0 fully saturated rings. The van der Waals surface area contributed by atoms with E-state index in [0.29, 0.717) is 6.42 Å². The lowest BCUT2D eigenvalue weighted by Gasteiger charge is -2.16. The zero-order valence-electron chi connectivity index (χ0n) is 13.6. The summed E-state index contributed by atoms with van der Waals surface area (Å²) in [5.41, 5.74) is -8.80. The molecule has 12 heteroatoms. The molecule has 0 amide bonds. The SMILES string of the molecule is FC(F)(F)c1cc([CH]c2cc(C(F)(F)F)cc(C(F)(F)F)c2)cc(C(F)(F)F)c1. The largest absolute Gasteiger partial charge is 0.416 e. The van der Waals surface area contributed by atoms with Gasteiger partial charge in [0.2, 0.25) is 0 Å². The molecule has 2 aromatic carbocycles. The lowest BCUT2D eigenvalue weighted by Crippen LogP contribution is -2.13. The van der Waals surface area contributed by atoms with Crippen molar-refractivity contribution in [2.24, 2.45) is 0 Å². The monoisotopic (exact) mass is 439 g/mol. The Balaban J connectivity index is 2.61. The van der Waals surface area contributed by atoms with Crippen molar-refractivity contribution in [3.05, 3.63) is 76.2 Å². The number of halogens is 12. The van der Waals surface area contributed by atoms with Crippen molar-refractivity contribution in [3.63, 3.8) is 0 Å². The molecule has 0 saturated carbocycles. The molecule has 0 heterocycles. The van der Waals surface area contributed by atoms with Crippen LogP contribution in [0.15, 0.2) is 36.4 Å². The molecule has 29 heavy (non-hydrogen) atoms. The van der Waals surface area contributed by atoms with E-state index in [-0.39, 0.29) is 36.4 Å². The molecule has 0 unspecified atom stereocenters. The fourth-order valence-electron chi connectivity index (χ4n) is 2.32. The molecule has 2 aromatic rings. The average molecular weight is 439 g/mol. The molecule has 0 spiro atoms. The van der Waals surface area contributed by atoms with E-state index >= 15 is 0 Å². The summed E-state index contributed by atoms with van der Waals surface area (Å²) >= 11 is 0. The van der Waals surface area contributed by atoms with Crippen molar-refractivity contribution < 1.29 is 52.7 Å². The van der Waals surface area contributed by atoms with Crippen LogP contribution in [0.25, 0.3) is 0 Å². The standard InChI is InChI=1S/C17H7F12/c18-14(19,20)10-2-8(3-11(6-10)15(21,22)23)1-9-4-12(16(24,25)26)7-13(5-9)17(27,28)29/h1-7H. The average Bonchev–Trinajstić information content (AvgIpc) is 2.51. The molecular weight excluding hydrogens is 432 g/mol. The summed E-state index contributed by atoms with van der Waals surface area (Å²) in [5, 5.41) is 0. The summed E-state index contributed by atoms with van der Waals surface area (Å²) in [6.07, 6.45) is -20.5. The van der Waals surface area contributed by atoms with Gasteiger partial charge in [-0.25, -0.2) is 0 Å². The number of benzene rings is 2. The van der Waals surface area contributed by atoms with Crippen molar-refractivity contribution in [1.82, 2.24) is 0 Å². The molecule has 0 aliphatic carbocycles. The quantitative estimate of drug-likeness (QED) is 0.429. The summed E-state index contributed by atoms with van der Waals surface area (Å²) in [6, 6.07) is 0.298. The Labute approximate surface area is 154 Å². The molecule has 0 aliphatic rings. The van der Waals surface area contributed by atoms with Crippen molar-refractivity contribution in [2.45, 2.75) is 24.7 Å². The normalized spacial score (nSPS) is 13.7. The highest BCUT2D eigenvalue weighted by Crippen LogP contribution is 2.39. The van der Waals surface area contributed by atoms with E-state index in [9.17, 15) is 52.7 Å². The van der Waals surface area contributed by atoms with E-state index in [1.54, 1.807) is 0 Å². The van der Waals surface area contributed by atoms with Crippen molar-refractivity contribution in [1.29, 1.82) is 0 Å². The minimum Gasteiger partial charge on any atom is -0.166 e. The topological polar surface area (TPSA) is 0 Å². The Bertz CT molecular complexity index is 743. The summed E-state index contributed by atoms with van der Waals surface area (Å²) in [4.78, 5) is 0. The number of hydrogen-bond acceptors (Lipinski definition) is 0. The summed E-state index contributed by atoms with van der Waals surface area (Å²) in [7, 11) is 0. The molecular formula is C17H7F12. The van der Waals surface area contributed by atoms with E-state index in [2.05, 4.69) is 0 Å². The second-order valence-corrected chi connectivity index (χ2v) is 5.82. The molecule has 1 radical (unpaired) electrons. The van der Waals surface area contributed by atoms with Gasteiger partial charge in [0, 0.05) is 6.42 Å². The van der Waals surface area contributed by atoms with Crippen molar-refractivity contribution >= 4 is 0 Å². The van der Waals surface area contributed by atoms with Gasteiger partial charge >= 0.3 is 24.7 Å². The molecule has 0 nitrogen and oxygen atoms in total. The van der Waals surface area contributed by atoms with Crippen molar-refractivity contribution in [3.8, 4) is 0 Å². The van der Waals surface area contributed by atoms with Crippen LogP contribution in [0.5, 0.6) is 0 Å². The summed E-state index contributed by atoms with van der Waals surface area (Å²) in [6.45, 7) is 0. The predicted octanol–water partition coefficient (Wildman–Crippen LogP) is 7.36. The van der Waals surface area contributed by atoms with Gasteiger partial charge in [0.1, 0.15) is 0 Å². The second-order valence-electron chi connectivity index (χ2n) is 5.82. The molecule has 2 rings (SSSR count). The number of rotatable bonds is 2. The van der Waals surface area contributed by atoms with Gasteiger partial charge in [0.15, 0.2) is 0 Å². The van der Waals surface area contributed by atoms with Crippen molar-refractivity contribution in [2.75, 3.05) is 0 Å². The molecule has 0 aromatic heterocycles. The first-order chi connectivity index (χ1) is 12.9. The highest BCUT2D eigenvalue weighted by molar-refractivity contribution is 5.46. The van der Waals surface area contributed by atoms with Crippen LogP contribution >= 0.6 is 0 Å². The van der Waals surface area contributed by atoms with Gasteiger partial charge in [-0.1, -0.05) is 0 Å². The first kappa shape index (κ1) is 22.9. The third-order valence-electron chi connectivity index (χ3n) is 3.55. The second kappa shape index (κ2) is 7.13. The maximum atomic E-state index is 12.8. The third-order valence-corrected chi connectivity index (χ3v) is 3.55. The Hall–Kier alpha value is -2.40. The molecule has 159 valence electrons. The van der Waals surface area contributed by atoms with E-state index in [1.807, 2.05) is 0 Å². The van der Waals surface area contributed by atoms with Gasteiger partial charge in [0.25, 0.3) is 0 Å². The van der Waals surface area contributed by atoms with Crippen LogP contribution in [-0.4, -0.2) is 0 Å². The number of alkyl halides is 12. The third kappa shape index (κ3) is 5.80. The van der Waals surface area contributed by atoms with Crippen LogP contribution in [0, 0.1) is 6.42 Å².